The number of nitrogens with zero attached hydrogens (tertiary/aromatic N) is 2. The summed E-state index contributed by atoms with van der Waals surface area (Å²) in [5.41, 5.74) is 1.59. The van der Waals surface area contributed by atoms with Crippen molar-refractivity contribution in [3.05, 3.63) is 58.0 Å². The number of morpholine rings is 1. The van der Waals surface area contributed by atoms with Gasteiger partial charge in [0.25, 0.3) is 0 Å². The van der Waals surface area contributed by atoms with Gasteiger partial charge in [0.1, 0.15) is 5.82 Å². The molecule has 3 aromatic rings. The number of ether oxygens (including phenoxy) is 3. The highest BCUT2D eigenvalue weighted by atomic mass is 32.1. The second-order valence-corrected chi connectivity index (χ2v) is 10.9. The fourth-order valence-electron chi connectivity index (χ4n) is 5.04. The molecular weight excluding hydrogens is 572 g/mol. The third kappa shape index (κ3) is 7.37. The van der Waals surface area contributed by atoms with Crippen molar-refractivity contribution in [3.63, 3.8) is 0 Å². The Morgan fingerprint density at radius 2 is 1.86 bits per heavy atom. The van der Waals surface area contributed by atoms with Gasteiger partial charge in [-0.3, -0.25) is 4.85 Å². The minimum absolute atomic E-state index is 0.0254. The average Bonchev–Trinajstić information content (AvgIpc) is 3.32. The molecule has 0 bridgehead atoms. The van der Waals surface area contributed by atoms with Crippen molar-refractivity contribution in [2.45, 2.75) is 31.5 Å². The van der Waals surface area contributed by atoms with Crippen LogP contribution in [-0.2, 0) is 15.9 Å². The van der Waals surface area contributed by atoms with Crippen LogP contribution in [0, 0.1) is 24.2 Å². The van der Waals surface area contributed by atoms with Gasteiger partial charge in [-0.05, 0) is 29.9 Å². The van der Waals surface area contributed by atoms with Gasteiger partial charge in [0.05, 0.1) is 52.8 Å². The zero-order valence-electron chi connectivity index (χ0n) is 22.8. The zero-order chi connectivity index (χ0) is 29.5. The first-order valence-corrected chi connectivity index (χ1v) is 14.4. The molecule has 0 atom stereocenters. The van der Waals surface area contributed by atoms with Crippen LogP contribution in [0.25, 0.3) is 14.9 Å². The van der Waals surface area contributed by atoms with E-state index < -0.39 is 18.4 Å². The number of thiophene rings is 1. The lowest BCUT2D eigenvalue weighted by Crippen LogP contribution is -2.36. The molecule has 1 aromatic heterocycles. The van der Waals surface area contributed by atoms with Gasteiger partial charge in [-0.15, -0.1) is 11.3 Å². The van der Waals surface area contributed by atoms with Crippen LogP contribution < -0.4 is 20.3 Å². The summed E-state index contributed by atoms with van der Waals surface area (Å²) in [6.45, 7) is 10.1. The molecule has 2 N–H and O–H groups in total. The maximum absolute atomic E-state index is 15.1. The quantitative estimate of drug-likeness (QED) is 0.180. The Bertz CT molecular complexity index is 1500. The van der Waals surface area contributed by atoms with Crippen molar-refractivity contribution in [1.29, 1.82) is 0 Å². The molecule has 2 aliphatic rings. The number of nitrogens with one attached hydrogen (secondary N) is 2. The third-order valence-electron chi connectivity index (χ3n) is 7.03. The van der Waals surface area contributed by atoms with E-state index in [1.807, 2.05) is 11.0 Å². The summed E-state index contributed by atoms with van der Waals surface area (Å²) in [4.78, 5) is 5.40. The molecule has 0 unspecified atom stereocenters. The van der Waals surface area contributed by atoms with E-state index in [2.05, 4.69) is 27.3 Å². The highest BCUT2D eigenvalue weighted by Crippen LogP contribution is 2.39. The van der Waals surface area contributed by atoms with Crippen molar-refractivity contribution >= 4 is 38.5 Å². The van der Waals surface area contributed by atoms with Crippen molar-refractivity contribution in [3.8, 4) is 17.6 Å². The van der Waals surface area contributed by atoms with E-state index in [-0.39, 0.29) is 24.9 Å². The molecule has 0 aliphatic carbocycles. The fraction of sp³-hybridized carbons (Fsp3) is 0.433. The number of hydrogen-bond donors (Lipinski definition) is 2. The standard InChI is InChI=1S/C30H30F4N4O3S/c1-35-19-41-27-17-26(38-10-14-40-15-11-38)23(31)16-25(27)36-9-3-6-28-22(18-30(32,33)34)21-4-2-5-24(29(21)42-28)37-20-7-12-39-13-8-20/h2,4-5,16-17,20,36-37H,7-15,18-19H2. The van der Waals surface area contributed by atoms with E-state index in [1.165, 1.54) is 17.4 Å². The number of hydrogen-bond acceptors (Lipinski definition) is 7. The molecule has 5 rings (SSSR count). The Labute approximate surface area is 245 Å². The molecule has 222 valence electrons. The third-order valence-corrected chi connectivity index (χ3v) is 8.23. The van der Waals surface area contributed by atoms with Crippen LogP contribution in [-0.4, -0.2) is 65.0 Å². The summed E-state index contributed by atoms with van der Waals surface area (Å²) in [6, 6.07) is 8.35. The summed E-state index contributed by atoms with van der Waals surface area (Å²) < 4.78 is 72.9. The van der Waals surface area contributed by atoms with Crippen LogP contribution >= 0.6 is 11.3 Å². The van der Waals surface area contributed by atoms with E-state index in [0.717, 1.165) is 23.2 Å². The van der Waals surface area contributed by atoms with Crippen molar-refractivity contribution < 1.29 is 31.8 Å². The average molecular weight is 603 g/mol. The zero-order valence-corrected chi connectivity index (χ0v) is 23.6. The molecule has 0 radical (unpaired) electrons. The van der Waals surface area contributed by atoms with Crippen molar-refractivity contribution in [1.82, 2.24) is 0 Å². The highest BCUT2D eigenvalue weighted by Gasteiger charge is 2.31. The van der Waals surface area contributed by atoms with Crippen LogP contribution in [0.5, 0.6) is 5.75 Å². The van der Waals surface area contributed by atoms with Crippen molar-refractivity contribution in [2.24, 2.45) is 0 Å². The van der Waals surface area contributed by atoms with Crippen LogP contribution in [0.2, 0.25) is 0 Å². The Morgan fingerprint density at radius 3 is 2.60 bits per heavy atom. The lowest BCUT2D eigenvalue weighted by atomic mass is 10.1. The molecule has 3 heterocycles. The van der Waals surface area contributed by atoms with Crippen LogP contribution in [0.4, 0.5) is 34.6 Å². The second-order valence-electron chi connectivity index (χ2n) is 9.90. The maximum atomic E-state index is 15.1. The van der Waals surface area contributed by atoms with E-state index >= 15 is 4.39 Å². The smallest absolute Gasteiger partial charge is 0.393 e. The van der Waals surface area contributed by atoms with Crippen LogP contribution in [0.1, 0.15) is 23.3 Å². The lowest BCUT2D eigenvalue weighted by molar-refractivity contribution is -0.126. The van der Waals surface area contributed by atoms with Gasteiger partial charge in [-0.25, -0.2) is 11.0 Å². The Kier molecular flexibility index (Phi) is 9.58. The van der Waals surface area contributed by atoms with Gasteiger partial charge in [0.2, 0.25) is 0 Å². The van der Waals surface area contributed by atoms with Crippen LogP contribution in [0.15, 0.2) is 30.3 Å². The van der Waals surface area contributed by atoms with Gasteiger partial charge in [0.15, 0.2) is 5.75 Å². The summed E-state index contributed by atoms with van der Waals surface area (Å²) in [5.74, 6) is 5.64. The highest BCUT2D eigenvalue weighted by molar-refractivity contribution is 7.20. The topological polar surface area (TPSA) is 59.3 Å². The fourth-order valence-corrected chi connectivity index (χ4v) is 6.21. The molecule has 2 fully saturated rings. The van der Waals surface area contributed by atoms with Gasteiger partial charge in [-0.1, -0.05) is 24.0 Å². The van der Waals surface area contributed by atoms with Crippen molar-refractivity contribution in [2.75, 3.05) is 68.3 Å². The first-order chi connectivity index (χ1) is 20.3. The SMILES string of the molecule is [C-]#[N+]COc1cc(N2CCOCC2)c(F)cc1NCC#Cc1sc2c(NC3CCOCC3)cccc2c1CC(F)(F)F. The number of anilines is 3. The first kappa shape index (κ1) is 29.8. The van der Waals surface area contributed by atoms with Gasteiger partial charge in [0, 0.05) is 44.5 Å². The summed E-state index contributed by atoms with van der Waals surface area (Å²) in [5, 5.41) is 7.01. The Hall–Kier alpha value is -3.71. The molecule has 2 saturated heterocycles. The molecule has 0 saturated carbocycles. The second kappa shape index (κ2) is 13.5. The maximum Gasteiger partial charge on any atom is 0.393 e. The van der Waals surface area contributed by atoms with E-state index in [9.17, 15) is 13.2 Å². The van der Waals surface area contributed by atoms with E-state index in [0.29, 0.717) is 66.9 Å². The Balaban J connectivity index is 1.39. The summed E-state index contributed by atoms with van der Waals surface area (Å²) >= 11 is 1.23. The first-order valence-electron chi connectivity index (χ1n) is 13.6. The molecular formula is C30H30F4N4O3S. The lowest BCUT2D eigenvalue weighted by Gasteiger charge is -2.29. The molecule has 0 amide bonds. The Morgan fingerprint density at radius 1 is 1.10 bits per heavy atom. The van der Waals surface area contributed by atoms with Crippen LogP contribution in [0.3, 0.4) is 0 Å². The van der Waals surface area contributed by atoms with Gasteiger partial charge in [-0.2, -0.15) is 13.2 Å². The number of fused-ring (bicyclic) bond motifs is 1. The summed E-state index contributed by atoms with van der Waals surface area (Å²) in [6.07, 6.45) is -3.84. The van der Waals surface area contributed by atoms with E-state index in [4.69, 9.17) is 20.8 Å². The predicted octanol–water partition coefficient (Wildman–Crippen LogP) is 6.29. The molecule has 7 nitrogen and oxygen atoms in total. The minimum Gasteiger partial charge on any atom is -0.424 e. The number of rotatable bonds is 8. The molecule has 2 aromatic carbocycles. The molecule has 2 aliphatic heterocycles. The predicted molar refractivity (Wildman–Crippen MR) is 156 cm³/mol. The normalized spacial score (nSPS) is 16.0. The number of benzene rings is 2. The summed E-state index contributed by atoms with van der Waals surface area (Å²) in [7, 11) is 0. The molecule has 12 heteroatoms. The van der Waals surface area contributed by atoms with Gasteiger partial charge >= 0.3 is 12.9 Å². The van der Waals surface area contributed by atoms with Gasteiger partial charge < -0.3 is 29.7 Å². The number of halogens is 4. The molecule has 0 spiro atoms. The number of alkyl halides is 3. The monoisotopic (exact) mass is 602 g/mol. The largest absolute Gasteiger partial charge is 0.424 e. The van der Waals surface area contributed by atoms with E-state index in [1.54, 1.807) is 18.2 Å². The molecule has 42 heavy (non-hydrogen) atoms. The minimum atomic E-state index is -4.40.